The Hall–Kier alpha value is -0.840. The van der Waals surface area contributed by atoms with Crippen molar-refractivity contribution in [1.82, 2.24) is 10.2 Å². The molecular weight excluding hydrogens is 228 g/mol. The van der Waals surface area contributed by atoms with E-state index in [0.717, 1.165) is 38.4 Å². The van der Waals surface area contributed by atoms with Crippen molar-refractivity contribution in [2.45, 2.75) is 39.4 Å². The molecule has 0 bridgehead atoms. The number of likely N-dealkylation sites (N-methyl/N-ethyl adjacent to an activating group) is 1. The van der Waals surface area contributed by atoms with Gasteiger partial charge in [0.15, 0.2) is 0 Å². The molecule has 104 valence electrons. The van der Waals surface area contributed by atoms with E-state index in [-0.39, 0.29) is 0 Å². The Bertz CT molecular complexity index is 325. The number of rotatable bonds is 9. The van der Waals surface area contributed by atoms with Gasteiger partial charge in [0, 0.05) is 25.3 Å². The lowest BCUT2D eigenvalue weighted by molar-refractivity contribution is 0.108. The molecule has 1 aromatic heterocycles. The molecule has 1 atom stereocenters. The van der Waals surface area contributed by atoms with Crippen LogP contribution in [0.4, 0.5) is 0 Å². The van der Waals surface area contributed by atoms with Crippen LogP contribution < -0.4 is 5.32 Å². The smallest absolute Gasteiger partial charge is 0.118 e. The Morgan fingerprint density at radius 3 is 2.94 bits per heavy atom. The summed E-state index contributed by atoms with van der Waals surface area (Å²) in [7, 11) is 3.82. The highest BCUT2D eigenvalue weighted by atomic mass is 16.5. The van der Waals surface area contributed by atoms with E-state index < -0.39 is 0 Å². The van der Waals surface area contributed by atoms with E-state index in [1.165, 1.54) is 5.56 Å². The second-order valence-electron chi connectivity index (χ2n) is 4.82. The Morgan fingerprint density at radius 2 is 2.28 bits per heavy atom. The first kappa shape index (κ1) is 15.2. The number of nitrogens with zero attached hydrogens (tertiary/aromatic N) is 1. The van der Waals surface area contributed by atoms with E-state index in [4.69, 9.17) is 9.15 Å². The fourth-order valence-corrected chi connectivity index (χ4v) is 1.78. The number of methoxy groups -OCH3 is 1. The zero-order valence-corrected chi connectivity index (χ0v) is 12.0. The van der Waals surface area contributed by atoms with Gasteiger partial charge in [-0.3, -0.25) is 4.90 Å². The molecule has 0 aliphatic carbocycles. The second-order valence-corrected chi connectivity index (χ2v) is 4.82. The molecule has 0 aliphatic heterocycles. The highest BCUT2D eigenvalue weighted by Crippen LogP contribution is 2.11. The normalized spacial score (nSPS) is 13.2. The highest BCUT2D eigenvalue weighted by molar-refractivity contribution is 5.12. The van der Waals surface area contributed by atoms with Crippen LogP contribution in [0.3, 0.4) is 0 Å². The molecule has 0 fully saturated rings. The van der Waals surface area contributed by atoms with E-state index >= 15 is 0 Å². The molecule has 0 radical (unpaired) electrons. The third kappa shape index (κ3) is 5.21. The summed E-state index contributed by atoms with van der Waals surface area (Å²) < 4.78 is 10.7. The van der Waals surface area contributed by atoms with Gasteiger partial charge in [0.2, 0.25) is 0 Å². The highest BCUT2D eigenvalue weighted by Gasteiger charge is 2.11. The Kier molecular flexibility index (Phi) is 7.01. The van der Waals surface area contributed by atoms with Gasteiger partial charge in [-0.1, -0.05) is 6.92 Å². The van der Waals surface area contributed by atoms with Crippen LogP contribution in [0.1, 0.15) is 31.6 Å². The minimum atomic E-state index is 0.391. The molecule has 0 saturated carbocycles. The summed E-state index contributed by atoms with van der Waals surface area (Å²) >= 11 is 0. The predicted octanol–water partition coefficient (Wildman–Crippen LogP) is 2.25. The first-order valence-electron chi connectivity index (χ1n) is 6.63. The molecule has 4 heteroatoms. The number of hydrogen-bond donors (Lipinski definition) is 1. The first-order chi connectivity index (χ1) is 8.67. The first-order valence-corrected chi connectivity index (χ1v) is 6.63. The van der Waals surface area contributed by atoms with Crippen molar-refractivity contribution < 1.29 is 9.15 Å². The van der Waals surface area contributed by atoms with Crippen LogP contribution in [-0.4, -0.2) is 38.3 Å². The van der Waals surface area contributed by atoms with Gasteiger partial charge in [-0.2, -0.15) is 0 Å². The molecule has 0 aliphatic rings. The summed E-state index contributed by atoms with van der Waals surface area (Å²) in [6.07, 6.45) is 2.99. The van der Waals surface area contributed by atoms with Gasteiger partial charge in [-0.05, 0) is 33.0 Å². The summed E-state index contributed by atoms with van der Waals surface area (Å²) in [4.78, 5) is 2.23. The summed E-state index contributed by atoms with van der Waals surface area (Å²) in [5.74, 6) is 1.01. The lowest BCUT2D eigenvalue weighted by Gasteiger charge is -2.22. The maximum absolute atomic E-state index is 5.57. The van der Waals surface area contributed by atoms with Gasteiger partial charge in [0.25, 0.3) is 0 Å². The van der Waals surface area contributed by atoms with Gasteiger partial charge in [0.1, 0.15) is 5.76 Å². The summed E-state index contributed by atoms with van der Waals surface area (Å²) in [5.41, 5.74) is 1.21. The number of ether oxygens (including phenoxy) is 1. The third-order valence-corrected chi connectivity index (χ3v) is 3.03. The molecular formula is C14H26N2O2. The maximum atomic E-state index is 5.57. The number of furan rings is 1. The van der Waals surface area contributed by atoms with E-state index in [2.05, 4.69) is 37.2 Å². The molecule has 4 nitrogen and oxygen atoms in total. The molecule has 0 saturated heterocycles. The van der Waals surface area contributed by atoms with E-state index in [1.807, 2.05) is 6.26 Å². The van der Waals surface area contributed by atoms with E-state index in [9.17, 15) is 0 Å². The zero-order valence-electron chi connectivity index (χ0n) is 12.0. The zero-order chi connectivity index (χ0) is 13.4. The molecule has 0 spiro atoms. The van der Waals surface area contributed by atoms with E-state index in [0.29, 0.717) is 6.04 Å². The summed E-state index contributed by atoms with van der Waals surface area (Å²) in [6, 6.07) is 2.51. The van der Waals surface area contributed by atoms with Crippen molar-refractivity contribution in [3.63, 3.8) is 0 Å². The standard InChI is InChI=1S/C14H26N2O2/c1-5-6-15-8-13-7-14(18-11-13)9-16(3)12(2)10-17-4/h7,11-12,15H,5-6,8-10H2,1-4H3. The fraction of sp³-hybridized carbons (Fsp3) is 0.714. The molecule has 1 rings (SSSR count). The molecule has 0 amide bonds. The van der Waals surface area contributed by atoms with Crippen molar-refractivity contribution in [1.29, 1.82) is 0 Å². The molecule has 1 heterocycles. The summed E-state index contributed by atoms with van der Waals surface area (Å²) in [5, 5.41) is 3.37. The average molecular weight is 254 g/mol. The molecule has 1 aromatic rings. The molecule has 1 N–H and O–H groups in total. The van der Waals surface area contributed by atoms with Crippen molar-refractivity contribution in [2.24, 2.45) is 0 Å². The van der Waals surface area contributed by atoms with Crippen LogP contribution in [0.2, 0.25) is 0 Å². The van der Waals surface area contributed by atoms with Crippen molar-refractivity contribution in [2.75, 3.05) is 27.3 Å². The lowest BCUT2D eigenvalue weighted by atomic mass is 10.2. The van der Waals surface area contributed by atoms with E-state index in [1.54, 1.807) is 7.11 Å². The minimum absolute atomic E-state index is 0.391. The Labute approximate surface area is 110 Å². The average Bonchev–Trinajstić information content (AvgIpc) is 2.77. The SMILES string of the molecule is CCCNCc1coc(CN(C)C(C)COC)c1. The fourth-order valence-electron chi connectivity index (χ4n) is 1.78. The van der Waals surface area contributed by atoms with Crippen molar-refractivity contribution in [3.8, 4) is 0 Å². The monoisotopic (exact) mass is 254 g/mol. The summed E-state index contributed by atoms with van der Waals surface area (Å²) in [6.45, 7) is 7.80. The van der Waals surface area contributed by atoms with Gasteiger partial charge < -0.3 is 14.5 Å². The van der Waals surface area contributed by atoms with Crippen LogP contribution in [0, 0.1) is 0 Å². The maximum Gasteiger partial charge on any atom is 0.118 e. The van der Waals surface area contributed by atoms with Gasteiger partial charge in [0.05, 0.1) is 19.4 Å². The van der Waals surface area contributed by atoms with Crippen LogP contribution in [0.5, 0.6) is 0 Å². The quantitative estimate of drug-likeness (QED) is 0.686. The predicted molar refractivity (Wildman–Crippen MR) is 73.5 cm³/mol. The van der Waals surface area contributed by atoms with Gasteiger partial charge >= 0.3 is 0 Å². The number of nitrogens with one attached hydrogen (secondary N) is 1. The van der Waals surface area contributed by atoms with Gasteiger partial charge in [-0.15, -0.1) is 0 Å². The Balaban J connectivity index is 2.38. The molecule has 1 unspecified atom stereocenters. The minimum Gasteiger partial charge on any atom is -0.468 e. The molecule has 0 aromatic carbocycles. The van der Waals surface area contributed by atoms with Crippen molar-refractivity contribution >= 4 is 0 Å². The Morgan fingerprint density at radius 1 is 1.50 bits per heavy atom. The second kappa shape index (κ2) is 8.29. The molecule has 18 heavy (non-hydrogen) atoms. The third-order valence-electron chi connectivity index (χ3n) is 3.03. The lowest BCUT2D eigenvalue weighted by Crippen LogP contribution is -2.31. The van der Waals surface area contributed by atoms with Crippen LogP contribution in [-0.2, 0) is 17.8 Å². The van der Waals surface area contributed by atoms with Gasteiger partial charge in [-0.25, -0.2) is 0 Å². The van der Waals surface area contributed by atoms with Crippen LogP contribution in [0.25, 0.3) is 0 Å². The van der Waals surface area contributed by atoms with Crippen molar-refractivity contribution in [3.05, 3.63) is 23.7 Å². The van der Waals surface area contributed by atoms with Crippen LogP contribution in [0.15, 0.2) is 16.7 Å². The largest absolute Gasteiger partial charge is 0.468 e. The number of hydrogen-bond acceptors (Lipinski definition) is 4. The topological polar surface area (TPSA) is 37.6 Å². The van der Waals surface area contributed by atoms with Crippen LogP contribution >= 0.6 is 0 Å².